The average molecular weight is 861 g/mol. The fourth-order valence-electron chi connectivity index (χ4n) is 8.04. The molecule has 3 atom stereocenters. The highest BCUT2D eigenvalue weighted by Gasteiger charge is 2.45. The first-order chi connectivity index (χ1) is 27.9. The van der Waals surface area contributed by atoms with Crippen molar-refractivity contribution < 1.29 is 33.5 Å². The molecule has 3 aromatic rings. The average Bonchev–Trinajstić information content (AvgIpc) is 3.47. The number of likely N-dealkylation sites (tertiary alicyclic amines) is 1. The highest BCUT2D eigenvalue weighted by molar-refractivity contribution is 9.10. The van der Waals surface area contributed by atoms with Crippen LogP contribution in [-0.4, -0.2) is 143 Å². The predicted molar refractivity (Wildman–Crippen MR) is 215 cm³/mol. The van der Waals surface area contributed by atoms with Gasteiger partial charge in [-0.3, -0.25) is 48.7 Å². The van der Waals surface area contributed by atoms with Gasteiger partial charge in [-0.1, -0.05) is 18.2 Å². The Morgan fingerprint density at radius 1 is 0.931 bits per heavy atom. The summed E-state index contributed by atoms with van der Waals surface area (Å²) in [5.41, 5.74) is 2.56. The SMILES string of the molecule is CN1C[C@@H](Nc2cnn(C)c(=O)c2Br)C[C@@H](c2ccc(C(=O)N3CCN(CCOCCC(=O)Nc4cccc5c4C(=O)N(C4CCC(=O)NC4=O)C5=O)CC3)cc2)C1. The van der Waals surface area contributed by atoms with E-state index in [0.29, 0.717) is 55.1 Å². The number of hydrogen-bond donors (Lipinski definition) is 3. The molecule has 58 heavy (non-hydrogen) atoms. The van der Waals surface area contributed by atoms with Crippen molar-refractivity contribution in [2.75, 3.05) is 76.7 Å². The molecule has 5 heterocycles. The maximum absolute atomic E-state index is 13.4. The first-order valence-electron chi connectivity index (χ1n) is 19.4. The van der Waals surface area contributed by atoms with Crippen molar-refractivity contribution in [3.63, 3.8) is 0 Å². The van der Waals surface area contributed by atoms with Gasteiger partial charge in [-0.25, -0.2) is 4.68 Å². The molecule has 0 radical (unpaired) electrons. The largest absolute Gasteiger partial charge is 0.380 e. The number of amides is 6. The lowest BCUT2D eigenvalue weighted by Gasteiger charge is -2.37. The Kier molecular flexibility index (Phi) is 12.5. The highest BCUT2D eigenvalue weighted by atomic mass is 79.9. The quantitative estimate of drug-likeness (QED) is 0.176. The molecule has 1 unspecified atom stereocenters. The van der Waals surface area contributed by atoms with Crippen LogP contribution in [0.5, 0.6) is 0 Å². The second kappa shape index (κ2) is 17.7. The van der Waals surface area contributed by atoms with E-state index in [2.05, 4.69) is 53.8 Å². The van der Waals surface area contributed by atoms with Crippen molar-refractivity contribution in [1.82, 2.24) is 34.7 Å². The standard InChI is InChI=1S/C40H46BrN9O8/c1-46-22-26(20-27(23-46)43-30-21-42-47(2)40(57)35(30)41)24-6-8-25(9-7-24)37(54)49-15-13-48(14-16-49)17-19-58-18-12-33(52)44-29-5-3-4-28-34(29)39(56)50(38(28)55)31-10-11-32(51)45-36(31)53/h3-9,21,26-27,31,43H,10-20,22-23H2,1-2H3,(H,44,52)(H,45,51,53)/t26-,27+,31?/m1/s1. The minimum atomic E-state index is -1.10. The predicted octanol–water partition coefficient (Wildman–Crippen LogP) is 1.65. The molecule has 0 saturated carbocycles. The van der Waals surface area contributed by atoms with Gasteiger partial charge in [-0.2, -0.15) is 5.10 Å². The lowest BCUT2D eigenvalue weighted by Crippen LogP contribution is -2.54. The van der Waals surface area contributed by atoms with Crippen LogP contribution >= 0.6 is 15.9 Å². The highest BCUT2D eigenvalue weighted by Crippen LogP contribution is 2.33. The normalized spacial score (nSPS) is 21.5. The number of aromatic nitrogens is 2. The number of piperidine rings is 2. The monoisotopic (exact) mass is 859 g/mol. The molecular weight excluding hydrogens is 814 g/mol. The third-order valence-corrected chi connectivity index (χ3v) is 11.9. The van der Waals surface area contributed by atoms with Gasteiger partial charge >= 0.3 is 0 Å². The Hall–Kier alpha value is -5.30. The second-order valence-electron chi connectivity index (χ2n) is 15.1. The molecule has 0 spiro atoms. The van der Waals surface area contributed by atoms with E-state index in [9.17, 15) is 33.6 Å². The van der Waals surface area contributed by atoms with Gasteiger partial charge in [0.2, 0.25) is 17.7 Å². The van der Waals surface area contributed by atoms with E-state index >= 15 is 0 Å². The minimum Gasteiger partial charge on any atom is -0.380 e. The summed E-state index contributed by atoms with van der Waals surface area (Å²) >= 11 is 3.41. The number of carbonyl (C=O) groups excluding carboxylic acids is 6. The van der Waals surface area contributed by atoms with Gasteiger partial charge in [0.15, 0.2) is 0 Å². The maximum atomic E-state index is 13.4. The van der Waals surface area contributed by atoms with Gasteiger partial charge < -0.3 is 25.2 Å². The molecule has 4 aliphatic heterocycles. The molecule has 18 heteroatoms. The van der Waals surface area contributed by atoms with Crippen LogP contribution in [0.15, 0.2) is 57.9 Å². The molecule has 2 aromatic carbocycles. The Morgan fingerprint density at radius 3 is 2.43 bits per heavy atom. The van der Waals surface area contributed by atoms with Gasteiger partial charge in [0, 0.05) is 70.9 Å². The Bertz CT molecular complexity index is 2170. The van der Waals surface area contributed by atoms with Gasteiger partial charge in [0.1, 0.15) is 10.5 Å². The summed E-state index contributed by atoms with van der Waals surface area (Å²) in [6, 6.07) is 11.5. The van der Waals surface area contributed by atoms with Gasteiger partial charge in [-0.05, 0) is 71.6 Å². The molecule has 17 nitrogen and oxygen atoms in total. The number of fused-ring (bicyclic) bond motifs is 1. The summed E-state index contributed by atoms with van der Waals surface area (Å²) in [4.78, 5) is 96.1. The van der Waals surface area contributed by atoms with Gasteiger partial charge in [-0.15, -0.1) is 0 Å². The molecule has 0 bridgehead atoms. The third kappa shape index (κ3) is 8.89. The number of aryl methyl sites for hydroxylation is 1. The number of nitrogens with zero attached hydrogens (tertiary/aromatic N) is 6. The molecule has 3 fully saturated rings. The number of ether oxygens (including phenoxy) is 1. The van der Waals surface area contributed by atoms with Crippen LogP contribution < -0.4 is 21.5 Å². The number of anilines is 2. The maximum Gasteiger partial charge on any atom is 0.282 e. The Balaban J connectivity index is 0.819. The molecule has 7 rings (SSSR count). The number of carbonyl (C=O) groups is 6. The van der Waals surface area contributed by atoms with Crippen molar-refractivity contribution in [3.05, 3.63) is 85.7 Å². The molecule has 4 aliphatic rings. The molecule has 3 saturated heterocycles. The van der Waals surface area contributed by atoms with Crippen LogP contribution in [0.25, 0.3) is 0 Å². The number of nitrogens with one attached hydrogen (secondary N) is 3. The molecule has 0 aliphatic carbocycles. The number of rotatable bonds is 12. The topological polar surface area (TPSA) is 196 Å². The van der Waals surface area contributed by atoms with Crippen molar-refractivity contribution in [2.45, 2.75) is 43.7 Å². The first kappa shape index (κ1) is 40.9. The number of benzene rings is 2. The Morgan fingerprint density at radius 2 is 1.69 bits per heavy atom. The second-order valence-corrected chi connectivity index (χ2v) is 15.9. The summed E-state index contributed by atoms with van der Waals surface area (Å²) in [5.74, 6) is -2.65. The fraction of sp³-hybridized carbons (Fsp3) is 0.450. The van der Waals surface area contributed by atoms with E-state index in [0.717, 1.165) is 30.0 Å². The van der Waals surface area contributed by atoms with Crippen LogP contribution in [-0.2, 0) is 26.2 Å². The van der Waals surface area contributed by atoms with Crippen molar-refractivity contribution in [3.8, 4) is 0 Å². The van der Waals surface area contributed by atoms with E-state index in [1.165, 1.54) is 16.8 Å². The number of halogens is 1. The third-order valence-electron chi connectivity index (χ3n) is 11.1. The zero-order valence-electron chi connectivity index (χ0n) is 32.4. The molecule has 1 aromatic heterocycles. The summed E-state index contributed by atoms with van der Waals surface area (Å²) in [6.45, 7) is 5.43. The van der Waals surface area contributed by atoms with E-state index < -0.39 is 35.6 Å². The summed E-state index contributed by atoms with van der Waals surface area (Å²) in [6.07, 6.45) is 2.60. The lowest BCUT2D eigenvalue weighted by atomic mass is 9.87. The zero-order valence-corrected chi connectivity index (χ0v) is 34.0. The van der Waals surface area contributed by atoms with Crippen molar-refractivity contribution in [2.24, 2.45) is 7.05 Å². The van der Waals surface area contributed by atoms with Crippen molar-refractivity contribution in [1.29, 1.82) is 0 Å². The first-order valence-corrected chi connectivity index (χ1v) is 20.2. The van der Waals surface area contributed by atoms with Crippen LogP contribution in [0.1, 0.15) is 68.2 Å². The van der Waals surface area contributed by atoms with Gasteiger partial charge in [0.25, 0.3) is 23.3 Å². The van der Waals surface area contributed by atoms with E-state index in [1.807, 2.05) is 29.2 Å². The molecule has 3 N–H and O–H groups in total. The smallest absolute Gasteiger partial charge is 0.282 e. The number of hydrogen-bond acceptors (Lipinski definition) is 12. The Labute approximate surface area is 343 Å². The van der Waals surface area contributed by atoms with E-state index in [1.54, 1.807) is 19.3 Å². The fourth-order valence-corrected chi connectivity index (χ4v) is 8.52. The zero-order chi connectivity index (χ0) is 41.1. The van der Waals surface area contributed by atoms with Crippen LogP contribution in [0, 0.1) is 0 Å². The van der Waals surface area contributed by atoms with E-state index in [4.69, 9.17) is 4.74 Å². The number of likely N-dealkylation sites (N-methyl/N-ethyl adjacent to an activating group) is 1. The van der Waals surface area contributed by atoms with Crippen LogP contribution in [0.4, 0.5) is 11.4 Å². The van der Waals surface area contributed by atoms with Crippen LogP contribution in [0.3, 0.4) is 0 Å². The van der Waals surface area contributed by atoms with Crippen molar-refractivity contribution >= 4 is 62.7 Å². The molecular formula is C40H46BrN9O8. The minimum absolute atomic E-state index is 0.00409. The van der Waals surface area contributed by atoms with Crippen LogP contribution in [0.2, 0.25) is 0 Å². The summed E-state index contributed by atoms with van der Waals surface area (Å²) < 4.78 is 7.50. The number of imide groups is 2. The lowest BCUT2D eigenvalue weighted by molar-refractivity contribution is -0.136. The molecule has 306 valence electrons. The number of piperazine rings is 1. The molecule has 6 amide bonds. The summed E-state index contributed by atoms with van der Waals surface area (Å²) in [5, 5.41) is 12.5. The summed E-state index contributed by atoms with van der Waals surface area (Å²) in [7, 11) is 3.70. The van der Waals surface area contributed by atoms with Gasteiger partial charge in [0.05, 0.1) is 48.3 Å². The van der Waals surface area contributed by atoms with E-state index in [-0.39, 0.29) is 66.1 Å².